The van der Waals surface area contributed by atoms with E-state index in [2.05, 4.69) is 28.6 Å². The molecule has 0 saturated carbocycles. The van der Waals surface area contributed by atoms with Crippen molar-refractivity contribution in [3.63, 3.8) is 0 Å². The number of benzene rings is 1. The van der Waals surface area contributed by atoms with Gasteiger partial charge in [0.2, 0.25) is 0 Å². The average molecular weight is 328 g/mol. The molecule has 1 aromatic carbocycles. The third-order valence-electron chi connectivity index (χ3n) is 1.95. The van der Waals surface area contributed by atoms with E-state index in [9.17, 15) is 18.0 Å². The van der Waals surface area contributed by atoms with Crippen molar-refractivity contribution in [2.24, 2.45) is 0 Å². The van der Waals surface area contributed by atoms with Gasteiger partial charge >= 0.3 is 6.18 Å². The van der Waals surface area contributed by atoms with Crippen LogP contribution in [0.15, 0.2) is 27.6 Å². The highest BCUT2D eigenvalue weighted by atomic mass is 79.9. The second-order valence-corrected chi connectivity index (χ2v) is 4.84. The van der Waals surface area contributed by atoms with E-state index in [0.717, 1.165) is 7.05 Å². The van der Waals surface area contributed by atoms with Crippen LogP contribution in [-0.4, -0.2) is 30.6 Å². The zero-order valence-corrected chi connectivity index (χ0v) is 11.2. The number of carbonyl (C=O) groups is 1. The van der Waals surface area contributed by atoms with Gasteiger partial charge in [0.05, 0.1) is 5.56 Å². The molecule has 1 amide bonds. The number of alkyl halides is 3. The first-order valence-corrected chi connectivity index (χ1v) is 5.75. The van der Waals surface area contributed by atoms with Crippen LogP contribution >= 0.6 is 28.6 Å². The maximum Gasteiger partial charge on any atom is 0.406 e. The molecule has 1 rings (SSSR count). The molecule has 0 aliphatic rings. The van der Waals surface area contributed by atoms with E-state index in [1.807, 2.05) is 0 Å². The van der Waals surface area contributed by atoms with Crippen molar-refractivity contribution in [1.29, 1.82) is 0 Å². The van der Waals surface area contributed by atoms with Gasteiger partial charge in [-0.2, -0.15) is 13.2 Å². The van der Waals surface area contributed by atoms with Crippen LogP contribution in [0.2, 0.25) is 0 Å². The topological polar surface area (TPSA) is 20.3 Å². The molecule has 0 aromatic heterocycles. The van der Waals surface area contributed by atoms with Gasteiger partial charge < -0.3 is 4.90 Å². The zero-order valence-electron chi connectivity index (χ0n) is 8.75. The van der Waals surface area contributed by atoms with E-state index in [1.54, 1.807) is 12.1 Å². The van der Waals surface area contributed by atoms with Gasteiger partial charge in [0, 0.05) is 16.4 Å². The summed E-state index contributed by atoms with van der Waals surface area (Å²) < 4.78 is 37.1. The highest BCUT2D eigenvalue weighted by Crippen LogP contribution is 2.22. The van der Waals surface area contributed by atoms with Gasteiger partial charge in [-0.25, -0.2) is 0 Å². The van der Waals surface area contributed by atoms with Gasteiger partial charge in [-0.15, -0.1) is 12.6 Å². The van der Waals surface area contributed by atoms with Crippen molar-refractivity contribution in [1.82, 2.24) is 4.90 Å². The van der Waals surface area contributed by atoms with E-state index < -0.39 is 18.6 Å². The van der Waals surface area contributed by atoms with Crippen LogP contribution in [0.1, 0.15) is 10.4 Å². The number of hydrogen-bond donors (Lipinski definition) is 1. The Labute approximate surface area is 110 Å². The van der Waals surface area contributed by atoms with Crippen LogP contribution in [0.25, 0.3) is 0 Å². The van der Waals surface area contributed by atoms with Gasteiger partial charge in [-0.1, -0.05) is 15.9 Å². The largest absolute Gasteiger partial charge is 0.406 e. The van der Waals surface area contributed by atoms with Crippen LogP contribution in [0.4, 0.5) is 13.2 Å². The molecular formula is C10H9BrF3NOS. The fourth-order valence-corrected chi connectivity index (χ4v) is 2.08. The lowest BCUT2D eigenvalue weighted by Gasteiger charge is -2.19. The second-order valence-electron chi connectivity index (χ2n) is 3.44. The number of nitrogens with zero attached hydrogens (tertiary/aromatic N) is 1. The van der Waals surface area contributed by atoms with Gasteiger partial charge in [0.25, 0.3) is 5.91 Å². The van der Waals surface area contributed by atoms with E-state index >= 15 is 0 Å². The van der Waals surface area contributed by atoms with Crippen LogP contribution < -0.4 is 0 Å². The lowest BCUT2D eigenvalue weighted by Crippen LogP contribution is -2.36. The summed E-state index contributed by atoms with van der Waals surface area (Å²) in [5.41, 5.74) is 0.142. The Morgan fingerprint density at radius 2 is 2.06 bits per heavy atom. The normalized spacial score (nSPS) is 11.4. The zero-order chi connectivity index (χ0) is 13.2. The molecule has 2 nitrogen and oxygen atoms in total. The summed E-state index contributed by atoms with van der Waals surface area (Å²) in [6.07, 6.45) is -4.41. The Morgan fingerprint density at radius 3 is 2.53 bits per heavy atom. The summed E-state index contributed by atoms with van der Waals surface area (Å²) in [6, 6.07) is 4.56. The number of halogens is 4. The predicted molar refractivity (Wildman–Crippen MR) is 64.4 cm³/mol. The summed E-state index contributed by atoms with van der Waals surface area (Å²) in [6.45, 7) is -1.28. The molecule has 0 N–H and O–H groups in total. The molecular weight excluding hydrogens is 319 g/mol. The van der Waals surface area contributed by atoms with Crippen LogP contribution in [-0.2, 0) is 0 Å². The van der Waals surface area contributed by atoms with E-state index in [1.165, 1.54) is 6.07 Å². The third-order valence-corrected chi connectivity index (χ3v) is 2.82. The quantitative estimate of drug-likeness (QED) is 0.826. The average Bonchev–Trinajstić information content (AvgIpc) is 2.14. The van der Waals surface area contributed by atoms with E-state index in [-0.39, 0.29) is 5.56 Å². The second kappa shape index (κ2) is 5.30. The molecule has 0 unspecified atom stereocenters. The molecule has 0 radical (unpaired) electrons. The molecule has 0 atom stereocenters. The first-order chi connectivity index (χ1) is 7.70. The predicted octanol–water partition coefficient (Wildman–Crippen LogP) is 3.37. The summed E-state index contributed by atoms with van der Waals surface area (Å²) >= 11 is 7.23. The maximum atomic E-state index is 12.1. The molecule has 7 heteroatoms. The SMILES string of the molecule is CN(CC(F)(F)F)C(=O)c1ccc(Br)cc1S. The Balaban J connectivity index is 2.89. The summed E-state index contributed by atoms with van der Waals surface area (Å²) in [5.74, 6) is -0.708. The lowest BCUT2D eigenvalue weighted by molar-refractivity contribution is -0.138. The van der Waals surface area contributed by atoms with E-state index in [0.29, 0.717) is 14.3 Å². The first-order valence-electron chi connectivity index (χ1n) is 4.51. The summed E-state index contributed by atoms with van der Waals surface area (Å²) in [7, 11) is 1.10. The highest BCUT2D eigenvalue weighted by molar-refractivity contribution is 9.10. The molecule has 0 bridgehead atoms. The van der Waals surface area contributed by atoms with Gasteiger partial charge in [0.1, 0.15) is 6.54 Å². The first kappa shape index (κ1) is 14.4. The van der Waals surface area contributed by atoms with Crippen molar-refractivity contribution < 1.29 is 18.0 Å². The molecule has 0 saturated heterocycles. The Kier molecular flexibility index (Phi) is 4.48. The molecule has 0 aliphatic heterocycles. The summed E-state index contributed by atoms with van der Waals surface area (Å²) in [5, 5.41) is 0. The summed E-state index contributed by atoms with van der Waals surface area (Å²) in [4.78, 5) is 12.7. The number of rotatable bonds is 2. The lowest BCUT2D eigenvalue weighted by atomic mass is 10.2. The van der Waals surface area contributed by atoms with Gasteiger partial charge in [-0.3, -0.25) is 4.79 Å². The van der Waals surface area contributed by atoms with Crippen LogP contribution in [0.5, 0.6) is 0 Å². The molecule has 94 valence electrons. The minimum Gasteiger partial charge on any atom is -0.333 e. The number of amides is 1. The molecule has 0 aliphatic carbocycles. The van der Waals surface area contributed by atoms with Crippen molar-refractivity contribution in [3.05, 3.63) is 28.2 Å². The highest BCUT2D eigenvalue weighted by Gasteiger charge is 2.31. The van der Waals surface area contributed by atoms with Gasteiger partial charge in [-0.05, 0) is 18.2 Å². The molecule has 0 spiro atoms. The Bertz CT molecular complexity index is 436. The van der Waals surface area contributed by atoms with Crippen molar-refractivity contribution >= 4 is 34.5 Å². The van der Waals surface area contributed by atoms with Crippen molar-refractivity contribution in [2.75, 3.05) is 13.6 Å². The number of hydrogen-bond acceptors (Lipinski definition) is 2. The van der Waals surface area contributed by atoms with Crippen molar-refractivity contribution in [3.8, 4) is 0 Å². The minimum atomic E-state index is -4.41. The minimum absolute atomic E-state index is 0.142. The number of carbonyl (C=O) groups excluding carboxylic acids is 1. The van der Waals surface area contributed by atoms with Gasteiger partial charge in [0.15, 0.2) is 0 Å². The fraction of sp³-hybridized carbons (Fsp3) is 0.300. The number of thiol groups is 1. The maximum absolute atomic E-state index is 12.1. The molecule has 17 heavy (non-hydrogen) atoms. The monoisotopic (exact) mass is 327 g/mol. The molecule has 0 fully saturated rings. The van der Waals surface area contributed by atoms with Crippen LogP contribution in [0.3, 0.4) is 0 Å². The fourth-order valence-electron chi connectivity index (χ4n) is 1.23. The van der Waals surface area contributed by atoms with Crippen molar-refractivity contribution in [2.45, 2.75) is 11.1 Å². The Morgan fingerprint density at radius 1 is 1.47 bits per heavy atom. The Hall–Kier alpha value is -0.690. The van der Waals surface area contributed by atoms with Crippen LogP contribution in [0, 0.1) is 0 Å². The molecule has 0 heterocycles. The van der Waals surface area contributed by atoms with E-state index in [4.69, 9.17) is 0 Å². The third kappa shape index (κ3) is 4.23. The molecule has 1 aromatic rings. The smallest absolute Gasteiger partial charge is 0.333 e. The standard InChI is InChI=1S/C10H9BrF3NOS/c1-15(5-10(12,13)14)9(16)7-3-2-6(11)4-8(7)17/h2-4,17H,5H2,1H3.